The van der Waals surface area contributed by atoms with E-state index in [0.717, 1.165) is 30.8 Å². The molecule has 0 radical (unpaired) electrons. The number of hydrogen-bond acceptors (Lipinski definition) is 6. The van der Waals surface area contributed by atoms with Crippen LogP contribution in [0.25, 0.3) is 0 Å². The number of fused-ring (bicyclic) bond motifs is 1. The van der Waals surface area contributed by atoms with Crippen molar-refractivity contribution in [3.05, 3.63) is 64.0 Å². The molecule has 2 aromatic rings. The second-order valence-corrected chi connectivity index (χ2v) is 9.37. The molecule has 3 heterocycles. The summed E-state index contributed by atoms with van der Waals surface area (Å²) in [6, 6.07) is 9.88. The molecule has 3 aliphatic rings. The van der Waals surface area contributed by atoms with Gasteiger partial charge < -0.3 is 9.80 Å². The Morgan fingerprint density at radius 1 is 1.11 bits per heavy atom. The number of aryl methyl sites for hydroxylation is 1. The number of carbonyl (C=O) groups excluding carboxylic acids is 3. The number of amides is 3. The van der Waals surface area contributed by atoms with Crippen molar-refractivity contribution in [1.29, 1.82) is 5.26 Å². The van der Waals surface area contributed by atoms with Gasteiger partial charge in [0, 0.05) is 62.5 Å². The monoisotopic (exact) mass is 475 g/mol. The Bertz CT molecular complexity index is 1260. The van der Waals surface area contributed by atoms with Gasteiger partial charge in [0.05, 0.1) is 11.6 Å². The van der Waals surface area contributed by atoms with E-state index in [2.05, 4.69) is 21.2 Å². The molecule has 0 spiro atoms. The second kappa shape index (κ2) is 9.12. The Labute approximate surface area is 202 Å². The molecular weight excluding hydrogens is 449 g/mol. The molecule has 1 atom stereocenters. The van der Waals surface area contributed by atoms with Gasteiger partial charge in [-0.1, -0.05) is 6.07 Å². The van der Waals surface area contributed by atoms with Crippen molar-refractivity contribution in [2.45, 2.75) is 38.9 Å². The zero-order valence-electron chi connectivity index (χ0n) is 19.5. The number of anilines is 1. The zero-order valence-corrected chi connectivity index (χ0v) is 19.5. The summed E-state index contributed by atoms with van der Waals surface area (Å²) < 4.78 is 14.6. The molecule has 8 nitrogen and oxygen atoms in total. The highest BCUT2D eigenvalue weighted by Gasteiger charge is 2.41. The first kappa shape index (κ1) is 23.0. The van der Waals surface area contributed by atoms with Gasteiger partial charge in [-0.25, -0.2) is 4.39 Å². The third-order valence-electron chi connectivity index (χ3n) is 7.18. The fourth-order valence-electron chi connectivity index (χ4n) is 5.22. The van der Waals surface area contributed by atoms with Gasteiger partial charge >= 0.3 is 0 Å². The average Bonchev–Trinajstić information content (AvgIpc) is 3.16. The van der Waals surface area contributed by atoms with Gasteiger partial charge in [-0.15, -0.1) is 0 Å². The van der Waals surface area contributed by atoms with Crippen LogP contribution < -0.4 is 10.2 Å². The van der Waals surface area contributed by atoms with Crippen LogP contribution in [0.1, 0.15) is 45.5 Å². The van der Waals surface area contributed by atoms with E-state index in [9.17, 15) is 18.8 Å². The van der Waals surface area contributed by atoms with Crippen LogP contribution in [-0.2, 0) is 22.7 Å². The third-order valence-corrected chi connectivity index (χ3v) is 7.18. The van der Waals surface area contributed by atoms with Crippen molar-refractivity contribution in [3.63, 3.8) is 0 Å². The van der Waals surface area contributed by atoms with E-state index in [4.69, 9.17) is 5.26 Å². The molecule has 0 aromatic heterocycles. The highest BCUT2D eigenvalue weighted by molar-refractivity contribution is 6.06. The number of nitriles is 1. The molecule has 1 N–H and O–H groups in total. The number of carbonyl (C=O) groups is 3. The summed E-state index contributed by atoms with van der Waals surface area (Å²) in [6.45, 7) is 5.91. The van der Waals surface area contributed by atoms with Crippen molar-refractivity contribution >= 4 is 23.4 Å². The van der Waals surface area contributed by atoms with Crippen LogP contribution in [0.2, 0.25) is 0 Å². The Morgan fingerprint density at radius 3 is 2.57 bits per heavy atom. The minimum atomic E-state index is -0.726. The molecule has 3 amide bonds. The van der Waals surface area contributed by atoms with Gasteiger partial charge in [0.2, 0.25) is 11.8 Å². The molecule has 180 valence electrons. The lowest BCUT2D eigenvalue weighted by molar-refractivity contribution is -0.136. The minimum absolute atomic E-state index is 0.179. The van der Waals surface area contributed by atoms with E-state index in [1.165, 1.54) is 22.6 Å². The first-order valence-corrected chi connectivity index (χ1v) is 11.8. The van der Waals surface area contributed by atoms with Crippen molar-refractivity contribution in [3.8, 4) is 6.07 Å². The molecule has 2 saturated heterocycles. The Morgan fingerprint density at radius 2 is 1.89 bits per heavy atom. The number of nitrogens with one attached hydrogen (secondary N) is 1. The third kappa shape index (κ3) is 4.37. The number of imide groups is 1. The Balaban J connectivity index is 1.30. The second-order valence-electron chi connectivity index (χ2n) is 9.37. The quantitative estimate of drug-likeness (QED) is 0.681. The van der Waals surface area contributed by atoms with Crippen molar-refractivity contribution in [1.82, 2.24) is 15.1 Å². The Kier molecular flexibility index (Phi) is 5.99. The lowest BCUT2D eigenvalue weighted by atomic mass is 10.0. The zero-order chi connectivity index (χ0) is 24.7. The molecule has 2 aromatic carbocycles. The summed E-state index contributed by atoms with van der Waals surface area (Å²) in [7, 11) is 0. The lowest BCUT2D eigenvalue weighted by Gasteiger charge is -2.37. The highest BCUT2D eigenvalue weighted by Crippen LogP contribution is 2.35. The van der Waals surface area contributed by atoms with Gasteiger partial charge in [-0.05, 0) is 48.7 Å². The molecule has 3 aliphatic heterocycles. The largest absolute Gasteiger partial charge is 0.369 e. The van der Waals surface area contributed by atoms with Gasteiger partial charge in [0.25, 0.3) is 5.91 Å². The van der Waals surface area contributed by atoms with E-state index < -0.39 is 17.8 Å². The number of piperazine rings is 1. The van der Waals surface area contributed by atoms with Crippen LogP contribution in [0.3, 0.4) is 0 Å². The fourth-order valence-corrected chi connectivity index (χ4v) is 5.22. The molecule has 5 rings (SSSR count). The predicted molar refractivity (Wildman–Crippen MR) is 126 cm³/mol. The summed E-state index contributed by atoms with van der Waals surface area (Å²) in [6.07, 6.45) is 0.452. The standard InChI is InChI=1S/C26H26FN5O3/c1-16-10-17(13-28)2-3-18(16)14-30-6-8-31(9-7-30)23-12-19(27)11-20-21(23)15-32(26(20)35)22-4-5-24(33)29-25(22)34/h2-3,10-12,22H,4-9,14-15H2,1H3,(H,29,33,34). The normalized spacial score (nSPS) is 20.6. The smallest absolute Gasteiger partial charge is 0.255 e. The number of benzene rings is 2. The number of hydrogen-bond donors (Lipinski definition) is 1. The van der Waals surface area contributed by atoms with Crippen LogP contribution >= 0.6 is 0 Å². The summed E-state index contributed by atoms with van der Waals surface area (Å²) in [4.78, 5) is 42.9. The van der Waals surface area contributed by atoms with Crippen molar-refractivity contribution in [2.75, 3.05) is 31.1 Å². The maximum atomic E-state index is 14.6. The van der Waals surface area contributed by atoms with Gasteiger partial charge in [-0.2, -0.15) is 5.26 Å². The van der Waals surface area contributed by atoms with E-state index in [0.29, 0.717) is 29.9 Å². The first-order valence-electron chi connectivity index (χ1n) is 11.8. The minimum Gasteiger partial charge on any atom is -0.369 e. The fraction of sp³-hybridized carbons (Fsp3) is 0.385. The summed E-state index contributed by atoms with van der Waals surface area (Å²) in [5, 5.41) is 11.4. The SMILES string of the molecule is Cc1cc(C#N)ccc1CN1CCN(c2cc(F)cc3c2CN(C2CCC(=O)NC2=O)C3=O)CC1. The molecule has 0 bridgehead atoms. The number of nitrogens with zero attached hydrogens (tertiary/aromatic N) is 4. The summed E-state index contributed by atoms with van der Waals surface area (Å²) in [5.41, 5.74) is 4.63. The molecule has 2 fully saturated rings. The highest BCUT2D eigenvalue weighted by atomic mass is 19.1. The van der Waals surface area contributed by atoms with Crippen LogP contribution in [-0.4, -0.2) is 59.7 Å². The number of piperidine rings is 1. The maximum absolute atomic E-state index is 14.6. The van der Waals surface area contributed by atoms with Gasteiger partial charge in [0.1, 0.15) is 11.9 Å². The van der Waals surface area contributed by atoms with Crippen LogP contribution in [0, 0.1) is 24.1 Å². The van der Waals surface area contributed by atoms with Crippen LogP contribution in [0.5, 0.6) is 0 Å². The molecule has 1 unspecified atom stereocenters. The molecule has 35 heavy (non-hydrogen) atoms. The molecule has 0 aliphatic carbocycles. The van der Waals surface area contributed by atoms with Crippen molar-refractivity contribution in [2.24, 2.45) is 0 Å². The first-order chi connectivity index (χ1) is 16.8. The predicted octanol–water partition coefficient (Wildman–Crippen LogP) is 2.09. The maximum Gasteiger partial charge on any atom is 0.255 e. The molecule has 0 saturated carbocycles. The molecular formula is C26H26FN5O3. The van der Waals surface area contributed by atoms with Gasteiger partial charge in [-0.3, -0.25) is 24.6 Å². The topological polar surface area (TPSA) is 96.8 Å². The van der Waals surface area contributed by atoms with Crippen molar-refractivity contribution < 1.29 is 18.8 Å². The average molecular weight is 476 g/mol. The van der Waals surface area contributed by atoms with E-state index in [1.807, 2.05) is 25.1 Å². The molecule has 9 heteroatoms. The van der Waals surface area contributed by atoms with Crippen LogP contribution in [0.4, 0.5) is 10.1 Å². The van der Waals surface area contributed by atoms with E-state index in [1.54, 1.807) is 0 Å². The van der Waals surface area contributed by atoms with Gasteiger partial charge in [0.15, 0.2) is 0 Å². The van der Waals surface area contributed by atoms with E-state index >= 15 is 0 Å². The number of rotatable bonds is 4. The van der Waals surface area contributed by atoms with Crippen LogP contribution in [0.15, 0.2) is 30.3 Å². The summed E-state index contributed by atoms with van der Waals surface area (Å²) >= 11 is 0. The number of halogens is 1. The lowest BCUT2D eigenvalue weighted by Crippen LogP contribution is -2.52. The van der Waals surface area contributed by atoms with E-state index in [-0.39, 0.29) is 31.2 Å². The summed E-state index contributed by atoms with van der Waals surface area (Å²) in [5.74, 6) is -1.66. The Hall–Kier alpha value is -3.77.